The van der Waals surface area contributed by atoms with Gasteiger partial charge < -0.3 is 5.32 Å². The highest BCUT2D eigenvalue weighted by Gasteiger charge is 2.08. The van der Waals surface area contributed by atoms with Crippen molar-refractivity contribution >= 4 is 11.3 Å². The van der Waals surface area contributed by atoms with Gasteiger partial charge in [-0.25, -0.2) is 4.98 Å². The number of rotatable bonds is 5. The highest BCUT2D eigenvalue weighted by molar-refractivity contribution is 7.11. The Balaban J connectivity index is 2.20. The second-order valence-electron chi connectivity index (χ2n) is 5.06. The van der Waals surface area contributed by atoms with E-state index in [9.17, 15) is 0 Å². The number of nitrogens with zero attached hydrogens (tertiary/aromatic N) is 1. The molecule has 0 unspecified atom stereocenters. The van der Waals surface area contributed by atoms with E-state index in [1.165, 1.54) is 9.88 Å². The summed E-state index contributed by atoms with van der Waals surface area (Å²) in [4.78, 5) is 5.79. The first-order chi connectivity index (χ1) is 7.01. The maximum absolute atomic E-state index is 4.40. The highest BCUT2D eigenvalue weighted by atomic mass is 32.1. The smallest absolute Gasteiger partial charge is 0.0940 e. The molecule has 0 saturated heterocycles. The summed E-state index contributed by atoms with van der Waals surface area (Å²) in [5, 5.41) is 4.73. The molecule has 0 spiro atoms. The van der Waals surface area contributed by atoms with Crippen LogP contribution in [0.5, 0.6) is 0 Å². The maximum Gasteiger partial charge on any atom is 0.0940 e. The van der Waals surface area contributed by atoms with Crippen molar-refractivity contribution in [3.8, 4) is 0 Å². The molecular formula is C12H22N2S. The van der Waals surface area contributed by atoms with Gasteiger partial charge in [0.1, 0.15) is 0 Å². The molecule has 0 saturated carbocycles. The number of hydrogen-bond acceptors (Lipinski definition) is 3. The van der Waals surface area contributed by atoms with Crippen LogP contribution < -0.4 is 5.32 Å². The second kappa shape index (κ2) is 5.61. The third-order valence-corrected chi connectivity index (χ3v) is 3.32. The minimum atomic E-state index is 0.372. The lowest BCUT2D eigenvalue weighted by molar-refractivity contribution is 0.381. The fourth-order valence-corrected chi connectivity index (χ4v) is 2.15. The van der Waals surface area contributed by atoms with E-state index in [0.717, 1.165) is 25.9 Å². The molecular weight excluding hydrogens is 204 g/mol. The lowest BCUT2D eigenvalue weighted by Gasteiger charge is -2.18. The summed E-state index contributed by atoms with van der Waals surface area (Å²) in [5.41, 5.74) is 0.372. The lowest BCUT2D eigenvalue weighted by Crippen LogP contribution is -2.28. The van der Waals surface area contributed by atoms with Crippen molar-refractivity contribution in [2.24, 2.45) is 5.41 Å². The molecule has 0 fully saturated rings. The monoisotopic (exact) mass is 226 g/mol. The summed E-state index contributed by atoms with van der Waals surface area (Å²) < 4.78 is 0. The van der Waals surface area contributed by atoms with Gasteiger partial charge in [-0.15, -0.1) is 11.3 Å². The fraction of sp³-hybridized carbons (Fsp3) is 0.750. The first-order valence-electron chi connectivity index (χ1n) is 5.65. The van der Waals surface area contributed by atoms with E-state index < -0.39 is 0 Å². The van der Waals surface area contributed by atoms with Gasteiger partial charge in [0.25, 0.3) is 0 Å². The molecule has 1 heterocycles. The molecule has 0 aliphatic heterocycles. The third-order valence-electron chi connectivity index (χ3n) is 2.12. The molecule has 3 heteroatoms. The largest absolute Gasteiger partial charge is 0.316 e. The van der Waals surface area contributed by atoms with Gasteiger partial charge in [0.2, 0.25) is 0 Å². The molecule has 0 aliphatic carbocycles. The van der Waals surface area contributed by atoms with E-state index in [-0.39, 0.29) is 0 Å². The van der Waals surface area contributed by atoms with Crippen LogP contribution in [-0.2, 0) is 12.8 Å². The number of nitrogens with one attached hydrogen (secondary N) is 1. The SMILES string of the molecule is CCc1cnc(CCNCC(C)(C)C)s1. The molecule has 1 aromatic rings. The van der Waals surface area contributed by atoms with Gasteiger partial charge in [0.05, 0.1) is 5.01 Å². The zero-order valence-corrected chi connectivity index (χ0v) is 11.1. The zero-order valence-electron chi connectivity index (χ0n) is 10.3. The van der Waals surface area contributed by atoms with Crippen LogP contribution in [0.3, 0.4) is 0 Å². The van der Waals surface area contributed by atoms with Gasteiger partial charge in [0, 0.05) is 30.6 Å². The first-order valence-corrected chi connectivity index (χ1v) is 6.47. The predicted molar refractivity (Wildman–Crippen MR) is 67.5 cm³/mol. The quantitative estimate of drug-likeness (QED) is 0.781. The highest BCUT2D eigenvalue weighted by Crippen LogP contribution is 2.14. The summed E-state index contributed by atoms with van der Waals surface area (Å²) in [6, 6.07) is 0. The molecule has 0 aliphatic rings. The van der Waals surface area contributed by atoms with Crippen LogP contribution >= 0.6 is 11.3 Å². The summed E-state index contributed by atoms with van der Waals surface area (Å²) in [7, 11) is 0. The van der Waals surface area contributed by atoms with Crippen molar-refractivity contribution in [2.75, 3.05) is 13.1 Å². The molecule has 0 bridgehead atoms. The van der Waals surface area contributed by atoms with Crippen LogP contribution in [0.15, 0.2) is 6.20 Å². The molecule has 0 atom stereocenters. The molecule has 15 heavy (non-hydrogen) atoms. The first kappa shape index (κ1) is 12.7. The minimum absolute atomic E-state index is 0.372. The number of aromatic nitrogens is 1. The second-order valence-corrected chi connectivity index (χ2v) is 6.26. The van der Waals surface area contributed by atoms with Crippen molar-refractivity contribution in [3.05, 3.63) is 16.1 Å². The van der Waals surface area contributed by atoms with E-state index in [2.05, 4.69) is 38.0 Å². The zero-order chi connectivity index (χ0) is 11.3. The van der Waals surface area contributed by atoms with Crippen LogP contribution in [0, 0.1) is 5.41 Å². The third kappa shape index (κ3) is 5.28. The molecule has 1 aromatic heterocycles. The van der Waals surface area contributed by atoms with E-state index in [1.54, 1.807) is 0 Å². The predicted octanol–water partition coefficient (Wildman–Crippen LogP) is 2.88. The number of aryl methyl sites for hydroxylation is 1. The Morgan fingerprint density at radius 1 is 1.40 bits per heavy atom. The van der Waals surface area contributed by atoms with E-state index in [4.69, 9.17) is 0 Å². The van der Waals surface area contributed by atoms with Crippen LogP contribution in [0.1, 0.15) is 37.6 Å². The Morgan fingerprint density at radius 2 is 2.13 bits per heavy atom. The van der Waals surface area contributed by atoms with E-state index >= 15 is 0 Å². The summed E-state index contributed by atoms with van der Waals surface area (Å²) >= 11 is 1.84. The normalized spacial score (nSPS) is 12.0. The fourth-order valence-electron chi connectivity index (χ4n) is 1.29. The van der Waals surface area contributed by atoms with Gasteiger partial charge in [-0.05, 0) is 11.8 Å². The van der Waals surface area contributed by atoms with Crippen molar-refractivity contribution in [2.45, 2.75) is 40.5 Å². The maximum atomic E-state index is 4.40. The lowest BCUT2D eigenvalue weighted by atomic mass is 9.97. The summed E-state index contributed by atoms with van der Waals surface area (Å²) in [6.45, 7) is 11.0. The van der Waals surface area contributed by atoms with Crippen molar-refractivity contribution < 1.29 is 0 Å². The number of hydrogen-bond donors (Lipinski definition) is 1. The van der Waals surface area contributed by atoms with Crippen molar-refractivity contribution in [3.63, 3.8) is 0 Å². The molecule has 0 aromatic carbocycles. The van der Waals surface area contributed by atoms with Gasteiger partial charge in [0.15, 0.2) is 0 Å². The summed E-state index contributed by atoms with van der Waals surface area (Å²) in [5.74, 6) is 0. The molecule has 1 N–H and O–H groups in total. The van der Waals surface area contributed by atoms with Gasteiger partial charge in [-0.1, -0.05) is 27.7 Å². The van der Waals surface area contributed by atoms with Crippen LogP contribution in [0.2, 0.25) is 0 Å². The molecule has 1 rings (SSSR count). The molecule has 2 nitrogen and oxygen atoms in total. The van der Waals surface area contributed by atoms with Gasteiger partial charge in [-0.3, -0.25) is 0 Å². The summed E-state index contributed by atoms with van der Waals surface area (Å²) in [6.07, 6.45) is 4.16. The Labute approximate surface area is 97.1 Å². The Morgan fingerprint density at radius 3 is 2.67 bits per heavy atom. The van der Waals surface area contributed by atoms with Crippen molar-refractivity contribution in [1.82, 2.24) is 10.3 Å². The van der Waals surface area contributed by atoms with Crippen LogP contribution in [0.4, 0.5) is 0 Å². The molecule has 86 valence electrons. The Kier molecular flexibility index (Phi) is 4.74. The van der Waals surface area contributed by atoms with Gasteiger partial charge >= 0.3 is 0 Å². The van der Waals surface area contributed by atoms with Crippen LogP contribution in [0.25, 0.3) is 0 Å². The van der Waals surface area contributed by atoms with E-state index in [1.807, 2.05) is 17.5 Å². The number of thiazole rings is 1. The standard InChI is InChI=1S/C12H22N2S/c1-5-10-8-14-11(15-10)6-7-13-9-12(2,3)4/h8,13H,5-7,9H2,1-4H3. The average molecular weight is 226 g/mol. The van der Waals surface area contributed by atoms with E-state index in [0.29, 0.717) is 5.41 Å². The van der Waals surface area contributed by atoms with Crippen molar-refractivity contribution in [1.29, 1.82) is 0 Å². The molecule has 0 radical (unpaired) electrons. The van der Waals surface area contributed by atoms with Crippen LogP contribution in [-0.4, -0.2) is 18.1 Å². The Bertz CT molecular complexity index is 286. The Hall–Kier alpha value is -0.410. The van der Waals surface area contributed by atoms with Gasteiger partial charge in [-0.2, -0.15) is 0 Å². The topological polar surface area (TPSA) is 24.9 Å². The average Bonchev–Trinajstić information content (AvgIpc) is 2.59. The molecule has 0 amide bonds. The minimum Gasteiger partial charge on any atom is -0.316 e.